The third-order valence-corrected chi connectivity index (χ3v) is 4.83. The van der Waals surface area contributed by atoms with E-state index in [1.165, 1.54) is 7.05 Å². The van der Waals surface area contributed by atoms with Crippen LogP contribution >= 0.6 is 0 Å². The number of hydroxylamine groups is 2. The lowest BCUT2D eigenvalue weighted by Gasteiger charge is -2.26. The third-order valence-electron chi connectivity index (χ3n) is 4.83. The molecule has 2 aromatic carbocycles. The Morgan fingerprint density at radius 1 is 1.00 bits per heavy atom. The Morgan fingerprint density at radius 3 is 2.36 bits per heavy atom. The fourth-order valence-corrected chi connectivity index (χ4v) is 3.55. The minimum atomic E-state index is -0.792. The van der Waals surface area contributed by atoms with Gasteiger partial charge >= 0.3 is 0 Å². The van der Waals surface area contributed by atoms with E-state index in [4.69, 9.17) is 4.84 Å². The summed E-state index contributed by atoms with van der Waals surface area (Å²) in [5, 5.41) is 11.3. The molecule has 2 amide bonds. The summed E-state index contributed by atoms with van der Waals surface area (Å²) < 4.78 is 0. The van der Waals surface area contributed by atoms with Gasteiger partial charge in [0.15, 0.2) is 6.10 Å². The lowest BCUT2D eigenvalue weighted by atomic mass is 9.90. The molecule has 2 aliphatic rings. The van der Waals surface area contributed by atoms with Gasteiger partial charge in [-0.05, 0) is 23.3 Å². The molecule has 1 N–H and O–H groups in total. The number of hydrogen-bond acceptors (Lipinski definition) is 5. The number of carbonyl (C=O) groups excluding carboxylic acids is 2. The van der Waals surface area contributed by atoms with Crippen molar-refractivity contribution in [1.82, 2.24) is 9.96 Å². The molecule has 25 heavy (non-hydrogen) atoms. The molecule has 3 atom stereocenters. The molecule has 2 saturated heterocycles. The van der Waals surface area contributed by atoms with Gasteiger partial charge in [0.1, 0.15) is 5.75 Å². The molecule has 128 valence electrons. The zero-order valence-corrected chi connectivity index (χ0v) is 13.7. The average molecular weight is 338 g/mol. The lowest BCUT2D eigenvalue weighted by molar-refractivity contribution is -0.183. The second kappa shape index (κ2) is 5.98. The van der Waals surface area contributed by atoms with Crippen LogP contribution in [0.1, 0.15) is 17.2 Å². The van der Waals surface area contributed by atoms with E-state index in [1.807, 2.05) is 30.3 Å². The van der Waals surface area contributed by atoms with Crippen LogP contribution in [0.25, 0.3) is 0 Å². The maximum absolute atomic E-state index is 12.6. The van der Waals surface area contributed by atoms with Crippen LogP contribution in [0.3, 0.4) is 0 Å². The predicted molar refractivity (Wildman–Crippen MR) is 89.0 cm³/mol. The average Bonchev–Trinajstić information content (AvgIpc) is 3.08. The van der Waals surface area contributed by atoms with Crippen molar-refractivity contribution in [1.29, 1.82) is 0 Å². The highest BCUT2D eigenvalue weighted by molar-refractivity contribution is 6.07. The number of likely N-dealkylation sites (tertiary alicyclic amines) is 1. The van der Waals surface area contributed by atoms with Crippen molar-refractivity contribution < 1.29 is 19.5 Å². The van der Waals surface area contributed by atoms with E-state index < -0.39 is 12.0 Å². The molecule has 0 saturated carbocycles. The quantitative estimate of drug-likeness (QED) is 0.865. The number of carbonyl (C=O) groups is 2. The number of nitrogens with zero attached hydrogens (tertiary/aromatic N) is 2. The monoisotopic (exact) mass is 338 g/mol. The van der Waals surface area contributed by atoms with Crippen molar-refractivity contribution in [3.8, 4) is 5.75 Å². The van der Waals surface area contributed by atoms with Crippen molar-refractivity contribution in [3.63, 3.8) is 0 Å². The molecule has 0 radical (unpaired) electrons. The molecule has 2 heterocycles. The SMILES string of the molecule is CN1C(=O)C2ON(Cc3ccccc3)C(c3ccc(O)cc3)C2C1=O. The maximum atomic E-state index is 12.6. The lowest BCUT2D eigenvalue weighted by Crippen LogP contribution is -2.34. The molecule has 0 spiro atoms. The Hall–Kier alpha value is -2.70. The predicted octanol–water partition coefficient (Wildman–Crippen LogP) is 1.86. The number of benzene rings is 2. The minimum absolute atomic E-state index is 0.153. The van der Waals surface area contributed by atoms with Gasteiger partial charge in [0.05, 0.1) is 12.0 Å². The highest BCUT2D eigenvalue weighted by Crippen LogP contribution is 2.45. The second-order valence-electron chi connectivity index (χ2n) is 6.38. The number of phenols is 1. The van der Waals surface area contributed by atoms with Crippen LogP contribution in [-0.2, 0) is 21.0 Å². The molecular formula is C19H18N2O4. The first-order valence-corrected chi connectivity index (χ1v) is 8.14. The van der Waals surface area contributed by atoms with Crippen LogP contribution in [-0.4, -0.2) is 40.0 Å². The van der Waals surface area contributed by atoms with Crippen LogP contribution in [0.15, 0.2) is 54.6 Å². The molecule has 6 heteroatoms. The first-order chi connectivity index (χ1) is 12.1. The number of phenolic OH excluding ortho intramolecular Hbond substituents is 1. The molecule has 0 bridgehead atoms. The highest BCUT2D eigenvalue weighted by Gasteiger charge is 2.58. The fourth-order valence-electron chi connectivity index (χ4n) is 3.55. The number of hydrogen-bond donors (Lipinski definition) is 1. The highest BCUT2D eigenvalue weighted by atomic mass is 16.7. The van der Waals surface area contributed by atoms with Crippen molar-refractivity contribution in [2.24, 2.45) is 5.92 Å². The first kappa shape index (κ1) is 15.8. The summed E-state index contributed by atoms with van der Waals surface area (Å²) in [5.41, 5.74) is 1.86. The minimum Gasteiger partial charge on any atom is -0.508 e. The number of fused-ring (bicyclic) bond motifs is 1. The van der Waals surface area contributed by atoms with Crippen LogP contribution in [0.4, 0.5) is 0 Å². The third kappa shape index (κ3) is 2.59. The number of imide groups is 1. The van der Waals surface area contributed by atoms with Crippen molar-refractivity contribution >= 4 is 11.8 Å². The van der Waals surface area contributed by atoms with Crippen LogP contribution < -0.4 is 0 Å². The van der Waals surface area contributed by atoms with Crippen molar-refractivity contribution in [2.75, 3.05) is 7.05 Å². The summed E-state index contributed by atoms with van der Waals surface area (Å²) in [6.07, 6.45) is -0.792. The Morgan fingerprint density at radius 2 is 1.68 bits per heavy atom. The Balaban J connectivity index is 1.71. The maximum Gasteiger partial charge on any atom is 0.261 e. The molecule has 2 aliphatic heterocycles. The van der Waals surface area contributed by atoms with E-state index in [0.29, 0.717) is 6.54 Å². The fraction of sp³-hybridized carbons (Fsp3) is 0.263. The summed E-state index contributed by atoms with van der Waals surface area (Å²) in [5.74, 6) is -0.969. The van der Waals surface area contributed by atoms with E-state index in [9.17, 15) is 14.7 Å². The van der Waals surface area contributed by atoms with E-state index in [0.717, 1.165) is 16.0 Å². The molecule has 0 aliphatic carbocycles. The zero-order chi connectivity index (χ0) is 17.6. The van der Waals surface area contributed by atoms with Crippen molar-refractivity contribution in [2.45, 2.75) is 18.7 Å². The van der Waals surface area contributed by atoms with Crippen LogP contribution in [0, 0.1) is 5.92 Å². The largest absolute Gasteiger partial charge is 0.508 e. The van der Waals surface area contributed by atoms with E-state index in [-0.39, 0.29) is 23.6 Å². The van der Waals surface area contributed by atoms with Gasteiger partial charge in [-0.3, -0.25) is 19.3 Å². The van der Waals surface area contributed by atoms with Gasteiger partial charge in [-0.25, -0.2) is 0 Å². The smallest absolute Gasteiger partial charge is 0.261 e. The Kier molecular flexibility index (Phi) is 3.78. The van der Waals surface area contributed by atoms with E-state index in [1.54, 1.807) is 29.3 Å². The standard InChI is InChI=1S/C19H18N2O4/c1-20-18(23)15-16(13-7-9-14(22)10-8-13)21(25-17(15)19(20)24)11-12-5-3-2-4-6-12/h2-10,15-17,22H,11H2,1H3. The molecule has 4 rings (SSSR count). The van der Waals surface area contributed by atoms with Gasteiger partial charge in [-0.1, -0.05) is 42.5 Å². The second-order valence-corrected chi connectivity index (χ2v) is 6.38. The van der Waals surface area contributed by atoms with E-state index in [2.05, 4.69) is 0 Å². The molecule has 6 nitrogen and oxygen atoms in total. The summed E-state index contributed by atoms with van der Waals surface area (Å²) in [4.78, 5) is 32.0. The summed E-state index contributed by atoms with van der Waals surface area (Å²) in [6.45, 7) is 0.462. The van der Waals surface area contributed by atoms with Gasteiger partial charge in [-0.15, -0.1) is 0 Å². The molecule has 3 unspecified atom stereocenters. The summed E-state index contributed by atoms with van der Waals surface area (Å²) >= 11 is 0. The van der Waals surface area contributed by atoms with Gasteiger partial charge in [-0.2, -0.15) is 5.06 Å². The molecule has 2 aromatic rings. The van der Waals surface area contributed by atoms with Gasteiger partial charge in [0.25, 0.3) is 5.91 Å². The van der Waals surface area contributed by atoms with Crippen LogP contribution in [0.5, 0.6) is 5.75 Å². The number of likely N-dealkylation sites (N-methyl/N-ethyl adjacent to an activating group) is 1. The number of rotatable bonds is 3. The molecular weight excluding hydrogens is 320 g/mol. The number of aromatic hydroxyl groups is 1. The Bertz CT molecular complexity index is 806. The van der Waals surface area contributed by atoms with Gasteiger partial charge in [0, 0.05) is 13.6 Å². The van der Waals surface area contributed by atoms with E-state index >= 15 is 0 Å². The normalized spacial score (nSPS) is 26.3. The van der Waals surface area contributed by atoms with Gasteiger partial charge in [0.2, 0.25) is 5.91 Å². The number of amides is 2. The topological polar surface area (TPSA) is 70.1 Å². The van der Waals surface area contributed by atoms with Crippen LogP contribution in [0.2, 0.25) is 0 Å². The molecule has 0 aromatic heterocycles. The summed E-state index contributed by atoms with van der Waals surface area (Å²) in [6, 6.07) is 16.1. The summed E-state index contributed by atoms with van der Waals surface area (Å²) in [7, 11) is 1.49. The zero-order valence-electron chi connectivity index (χ0n) is 13.7. The van der Waals surface area contributed by atoms with Crippen molar-refractivity contribution in [3.05, 3.63) is 65.7 Å². The molecule has 2 fully saturated rings. The first-order valence-electron chi connectivity index (χ1n) is 8.14. The van der Waals surface area contributed by atoms with Gasteiger partial charge < -0.3 is 5.11 Å². The Labute approximate surface area is 145 Å².